The van der Waals surface area contributed by atoms with Crippen LogP contribution >= 0.6 is 0 Å². The molecule has 1 unspecified atom stereocenters. The smallest absolute Gasteiger partial charge is 0.324 e. The highest BCUT2D eigenvalue weighted by Gasteiger charge is 2.22. The van der Waals surface area contributed by atoms with Crippen LogP contribution in [0.2, 0.25) is 0 Å². The lowest BCUT2D eigenvalue weighted by atomic mass is 10.1. The number of hydrogen-bond donors (Lipinski definition) is 1. The number of rotatable bonds is 6. The van der Waals surface area contributed by atoms with Gasteiger partial charge >= 0.3 is 5.97 Å². The summed E-state index contributed by atoms with van der Waals surface area (Å²) in [6.45, 7) is 5.19. The van der Waals surface area contributed by atoms with Gasteiger partial charge < -0.3 is 9.47 Å². The van der Waals surface area contributed by atoms with Crippen molar-refractivity contribution in [3.63, 3.8) is 0 Å². The van der Waals surface area contributed by atoms with Crippen LogP contribution in [-0.4, -0.2) is 50.4 Å². The number of nitrogens with one attached hydrogen (secondary N) is 1. The number of hydrazine groups is 1. The molecule has 1 heterocycles. The Kier molecular flexibility index (Phi) is 6.37. The summed E-state index contributed by atoms with van der Waals surface area (Å²) in [4.78, 5) is 11.5. The Morgan fingerprint density at radius 2 is 2.19 bits per heavy atom. The molecule has 1 N–H and O–H groups in total. The van der Waals surface area contributed by atoms with Crippen molar-refractivity contribution in [2.24, 2.45) is 0 Å². The number of carbonyl (C=O) groups is 1. The molecule has 94 valence electrons. The van der Waals surface area contributed by atoms with Gasteiger partial charge in [-0.3, -0.25) is 4.79 Å². The fourth-order valence-electron chi connectivity index (χ4n) is 1.70. The van der Waals surface area contributed by atoms with Gasteiger partial charge in [0.1, 0.15) is 6.04 Å². The standard InChI is InChI=1S/C11H22N2O3/c1-3-4-5-10(11(14)15-2)12-13-6-8-16-9-7-13/h10,12H,3-9H2,1-2H3. The van der Waals surface area contributed by atoms with Crippen LogP contribution in [-0.2, 0) is 14.3 Å². The minimum atomic E-state index is -0.219. The van der Waals surface area contributed by atoms with Crippen molar-refractivity contribution in [1.29, 1.82) is 0 Å². The molecule has 16 heavy (non-hydrogen) atoms. The molecule has 1 aliphatic rings. The van der Waals surface area contributed by atoms with E-state index in [1.807, 2.05) is 5.01 Å². The van der Waals surface area contributed by atoms with Gasteiger partial charge in [-0.25, -0.2) is 10.4 Å². The average Bonchev–Trinajstić information content (AvgIpc) is 2.34. The van der Waals surface area contributed by atoms with Crippen LogP contribution in [0, 0.1) is 0 Å². The minimum absolute atomic E-state index is 0.181. The van der Waals surface area contributed by atoms with Crippen LogP contribution in [0.4, 0.5) is 0 Å². The largest absolute Gasteiger partial charge is 0.468 e. The van der Waals surface area contributed by atoms with Gasteiger partial charge in [-0.15, -0.1) is 0 Å². The maximum atomic E-state index is 11.5. The molecule has 0 aromatic carbocycles. The van der Waals surface area contributed by atoms with Gasteiger partial charge in [-0.2, -0.15) is 0 Å². The lowest BCUT2D eigenvalue weighted by Gasteiger charge is -2.30. The lowest BCUT2D eigenvalue weighted by Crippen LogP contribution is -2.52. The number of carbonyl (C=O) groups excluding carboxylic acids is 1. The first-order chi connectivity index (χ1) is 7.77. The molecule has 1 rings (SSSR count). The van der Waals surface area contributed by atoms with E-state index in [4.69, 9.17) is 9.47 Å². The molecule has 0 saturated carbocycles. The van der Waals surface area contributed by atoms with Gasteiger partial charge in [-0.05, 0) is 6.42 Å². The van der Waals surface area contributed by atoms with Gasteiger partial charge in [-0.1, -0.05) is 19.8 Å². The summed E-state index contributed by atoms with van der Waals surface area (Å²) < 4.78 is 10.0. The summed E-state index contributed by atoms with van der Waals surface area (Å²) in [6, 6.07) is -0.219. The maximum absolute atomic E-state index is 11.5. The van der Waals surface area contributed by atoms with E-state index in [0.29, 0.717) is 13.2 Å². The number of nitrogens with zero attached hydrogens (tertiary/aromatic N) is 1. The molecule has 0 spiro atoms. The minimum Gasteiger partial charge on any atom is -0.468 e. The number of esters is 1. The van der Waals surface area contributed by atoms with Crippen LogP contribution in [0.25, 0.3) is 0 Å². The second-order valence-electron chi connectivity index (χ2n) is 3.95. The fraction of sp³-hybridized carbons (Fsp3) is 0.909. The van der Waals surface area contributed by atoms with Gasteiger partial charge in [0.2, 0.25) is 0 Å². The normalized spacial score (nSPS) is 19.4. The Labute approximate surface area is 97.1 Å². The van der Waals surface area contributed by atoms with Crippen LogP contribution in [0.5, 0.6) is 0 Å². The highest BCUT2D eigenvalue weighted by molar-refractivity contribution is 5.75. The molecule has 1 atom stereocenters. The van der Waals surface area contributed by atoms with E-state index in [9.17, 15) is 4.79 Å². The molecule has 1 aliphatic heterocycles. The van der Waals surface area contributed by atoms with Crippen molar-refractivity contribution in [2.75, 3.05) is 33.4 Å². The first-order valence-corrected chi connectivity index (χ1v) is 5.94. The predicted octanol–water partition coefficient (Wildman–Crippen LogP) is 0.555. The summed E-state index contributed by atoms with van der Waals surface area (Å²) in [5.74, 6) is -0.181. The summed E-state index contributed by atoms with van der Waals surface area (Å²) in [5.41, 5.74) is 3.22. The van der Waals surface area contributed by atoms with Crippen molar-refractivity contribution in [3.8, 4) is 0 Å². The average molecular weight is 230 g/mol. The number of morpholine rings is 1. The first-order valence-electron chi connectivity index (χ1n) is 5.94. The molecular formula is C11H22N2O3. The van der Waals surface area contributed by atoms with Crippen molar-refractivity contribution in [2.45, 2.75) is 32.2 Å². The molecule has 1 saturated heterocycles. The van der Waals surface area contributed by atoms with E-state index in [1.54, 1.807) is 0 Å². The van der Waals surface area contributed by atoms with Crippen LogP contribution in [0.3, 0.4) is 0 Å². The Bertz CT molecular complexity index is 205. The topological polar surface area (TPSA) is 50.8 Å². The Hall–Kier alpha value is -0.650. The van der Waals surface area contributed by atoms with Crippen molar-refractivity contribution in [1.82, 2.24) is 10.4 Å². The molecule has 0 amide bonds. The zero-order valence-corrected chi connectivity index (χ0v) is 10.2. The molecular weight excluding hydrogens is 208 g/mol. The van der Waals surface area contributed by atoms with E-state index in [0.717, 1.165) is 32.4 Å². The molecule has 0 aromatic heterocycles. The van der Waals surface area contributed by atoms with Crippen molar-refractivity contribution >= 4 is 5.97 Å². The molecule has 0 radical (unpaired) electrons. The predicted molar refractivity (Wildman–Crippen MR) is 60.9 cm³/mol. The summed E-state index contributed by atoms with van der Waals surface area (Å²) in [7, 11) is 1.43. The number of methoxy groups -OCH3 is 1. The Morgan fingerprint density at radius 3 is 2.75 bits per heavy atom. The van der Waals surface area contributed by atoms with Gasteiger partial charge in [0.15, 0.2) is 0 Å². The summed E-state index contributed by atoms with van der Waals surface area (Å²) in [6.07, 6.45) is 2.93. The van der Waals surface area contributed by atoms with E-state index in [1.165, 1.54) is 7.11 Å². The third kappa shape index (κ3) is 4.47. The van der Waals surface area contributed by atoms with Crippen LogP contribution in [0.1, 0.15) is 26.2 Å². The van der Waals surface area contributed by atoms with Gasteiger partial charge in [0, 0.05) is 13.1 Å². The maximum Gasteiger partial charge on any atom is 0.324 e. The Morgan fingerprint density at radius 1 is 1.50 bits per heavy atom. The molecule has 5 heteroatoms. The number of ether oxygens (including phenoxy) is 2. The first kappa shape index (κ1) is 13.4. The molecule has 5 nitrogen and oxygen atoms in total. The van der Waals surface area contributed by atoms with Crippen LogP contribution in [0.15, 0.2) is 0 Å². The molecule has 1 fully saturated rings. The van der Waals surface area contributed by atoms with Crippen molar-refractivity contribution < 1.29 is 14.3 Å². The quantitative estimate of drug-likeness (QED) is 0.676. The second-order valence-corrected chi connectivity index (χ2v) is 3.95. The summed E-state index contributed by atoms with van der Waals surface area (Å²) >= 11 is 0. The van der Waals surface area contributed by atoms with E-state index in [2.05, 4.69) is 12.3 Å². The molecule has 0 aromatic rings. The zero-order chi connectivity index (χ0) is 11.8. The zero-order valence-electron chi connectivity index (χ0n) is 10.2. The fourth-order valence-corrected chi connectivity index (χ4v) is 1.70. The highest BCUT2D eigenvalue weighted by atomic mass is 16.5. The number of hydrogen-bond acceptors (Lipinski definition) is 5. The lowest BCUT2D eigenvalue weighted by molar-refractivity contribution is -0.145. The van der Waals surface area contributed by atoms with Crippen molar-refractivity contribution in [3.05, 3.63) is 0 Å². The summed E-state index contributed by atoms with van der Waals surface area (Å²) in [5, 5.41) is 2.04. The Balaban J connectivity index is 2.38. The van der Waals surface area contributed by atoms with E-state index >= 15 is 0 Å². The SMILES string of the molecule is CCCCC(NN1CCOCC1)C(=O)OC. The monoisotopic (exact) mass is 230 g/mol. The third-order valence-electron chi connectivity index (χ3n) is 2.68. The van der Waals surface area contributed by atoms with E-state index in [-0.39, 0.29) is 12.0 Å². The second kappa shape index (κ2) is 7.60. The van der Waals surface area contributed by atoms with Crippen LogP contribution < -0.4 is 5.43 Å². The highest BCUT2D eigenvalue weighted by Crippen LogP contribution is 2.04. The number of unbranched alkanes of at least 4 members (excludes halogenated alkanes) is 1. The third-order valence-corrected chi connectivity index (χ3v) is 2.68. The van der Waals surface area contributed by atoms with E-state index < -0.39 is 0 Å². The molecule has 0 bridgehead atoms. The van der Waals surface area contributed by atoms with Gasteiger partial charge in [0.25, 0.3) is 0 Å². The van der Waals surface area contributed by atoms with Gasteiger partial charge in [0.05, 0.1) is 20.3 Å². The molecule has 0 aliphatic carbocycles.